The fourth-order valence-corrected chi connectivity index (χ4v) is 9.96. The third kappa shape index (κ3) is 7.18. The van der Waals surface area contributed by atoms with Gasteiger partial charge < -0.3 is 20.7 Å². The maximum Gasteiger partial charge on any atom is 0.410 e. The molecule has 4 N–H and O–H groups in total. The number of rotatable bonds is 4. The number of nitrogens with one attached hydrogen (secondary N) is 2. The van der Waals surface area contributed by atoms with Crippen LogP contribution in [0.1, 0.15) is 63.0 Å². The van der Waals surface area contributed by atoms with Gasteiger partial charge in [0.05, 0.1) is 23.0 Å². The number of allylic oxidation sites excluding steroid dienone is 1. The Balaban J connectivity index is 1.24. The van der Waals surface area contributed by atoms with Crippen molar-refractivity contribution in [3.63, 3.8) is 0 Å². The van der Waals surface area contributed by atoms with E-state index in [1.807, 2.05) is 10.8 Å². The van der Waals surface area contributed by atoms with Crippen molar-refractivity contribution in [3.05, 3.63) is 62.0 Å². The van der Waals surface area contributed by atoms with Crippen molar-refractivity contribution >= 4 is 68.4 Å². The minimum atomic E-state index is -4.46. The van der Waals surface area contributed by atoms with E-state index in [1.54, 1.807) is 25.1 Å². The van der Waals surface area contributed by atoms with Crippen molar-refractivity contribution in [2.45, 2.75) is 93.1 Å². The number of nitrogens with zero attached hydrogens (tertiary/aromatic N) is 2. The molecular formula is C32H36Cl2FN5O7S2. The second kappa shape index (κ2) is 13.5. The van der Waals surface area contributed by atoms with Gasteiger partial charge in [-0.1, -0.05) is 60.3 Å². The normalized spacial score (nSPS) is 29.5. The summed E-state index contributed by atoms with van der Waals surface area (Å²) in [7, 11) is -4.46. The van der Waals surface area contributed by atoms with E-state index in [4.69, 9.17) is 33.7 Å². The van der Waals surface area contributed by atoms with Crippen molar-refractivity contribution in [3.8, 4) is 0 Å². The summed E-state index contributed by atoms with van der Waals surface area (Å²) in [5.74, 6) is -3.18. The summed E-state index contributed by atoms with van der Waals surface area (Å²) < 4.78 is 48.5. The van der Waals surface area contributed by atoms with Crippen LogP contribution >= 0.6 is 34.5 Å². The van der Waals surface area contributed by atoms with Gasteiger partial charge in [-0.25, -0.2) is 22.3 Å². The summed E-state index contributed by atoms with van der Waals surface area (Å²) in [6.45, 7) is 1.61. The van der Waals surface area contributed by atoms with Gasteiger partial charge in [-0.3, -0.25) is 19.3 Å². The second-order valence-electron chi connectivity index (χ2n) is 13.3. The maximum atomic E-state index is 14.3. The van der Waals surface area contributed by atoms with Gasteiger partial charge in [-0.15, -0.1) is 11.3 Å². The number of hydrogen-bond donors (Lipinski definition) is 3. The van der Waals surface area contributed by atoms with Crippen LogP contribution in [-0.2, 0) is 42.2 Å². The molecular weight excluding hydrogens is 720 g/mol. The lowest BCUT2D eigenvalue weighted by molar-refractivity contribution is -0.143. The average Bonchev–Trinajstić information content (AvgIpc) is 3.34. The predicted molar refractivity (Wildman–Crippen MR) is 179 cm³/mol. The summed E-state index contributed by atoms with van der Waals surface area (Å²) in [4.78, 5) is 57.2. The first-order valence-corrected chi connectivity index (χ1v) is 19.0. The first kappa shape index (κ1) is 35.6. The van der Waals surface area contributed by atoms with Crippen molar-refractivity contribution < 1.29 is 36.7 Å². The van der Waals surface area contributed by atoms with E-state index in [2.05, 4.69) is 5.32 Å². The average molecular weight is 757 g/mol. The Morgan fingerprint density at radius 3 is 2.67 bits per heavy atom. The Morgan fingerprint density at radius 2 is 1.96 bits per heavy atom. The number of halogens is 3. The van der Waals surface area contributed by atoms with Crippen molar-refractivity contribution in [2.75, 3.05) is 6.54 Å². The highest BCUT2D eigenvalue weighted by molar-refractivity contribution is 7.90. The Bertz CT molecular complexity index is 1840. The highest BCUT2D eigenvalue weighted by atomic mass is 35.5. The number of carbonyl (C=O) groups excluding carboxylic acids is 4. The zero-order valence-electron chi connectivity index (χ0n) is 26.5. The largest absolute Gasteiger partial charge is 0.444 e. The number of amides is 4. The highest BCUT2D eigenvalue weighted by Gasteiger charge is 2.62. The zero-order chi connectivity index (χ0) is 35.3. The number of hydrogen-bond acceptors (Lipinski definition) is 9. The van der Waals surface area contributed by atoms with Gasteiger partial charge in [-0.05, 0) is 50.3 Å². The molecule has 12 nitrogen and oxygen atoms in total. The first-order valence-electron chi connectivity index (χ1n) is 15.9. The van der Waals surface area contributed by atoms with Crippen molar-refractivity contribution in [1.82, 2.24) is 19.8 Å². The van der Waals surface area contributed by atoms with E-state index in [9.17, 15) is 32.0 Å². The number of nitrogens with two attached hydrogens (primary N) is 1. The smallest absolute Gasteiger partial charge is 0.410 e. The number of thiophene rings is 1. The van der Waals surface area contributed by atoms with Gasteiger partial charge in [0.1, 0.15) is 32.7 Å². The Morgan fingerprint density at radius 1 is 1.18 bits per heavy atom. The fraction of sp³-hybridized carbons (Fsp3) is 0.500. The molecule has 1 aromatic heterocycles. The Hall–Kier alpha value is -3.24. The molecule has 5 unspecified atom stereocenters. The lowest BCUT2D eigenvalue weighted by Gasteiger charge is -2.33. The molecule has 2 fully saturated rings. The SMILES string of the molecule is CC1(N)CCCCC/C=C\C2CC2(C(=O)NS(=O)(=O)c2cc(Cl)sc2Cl)NC(=O)C2CC(OC(=O)N3Cc4cccc(F)c4C3)CN2C1=O. The minimum Gasteiger partial charge on any atom is -0.444 e. The number of carbonyl (C=O) groups is 4. The molecule has 1 aliphatic carbocycles. The number of sulfonamides is 1. The van der Waals surface area contributed by atoms with Gasteiger partial charge in [0, 0.05) is 24.4 Å². The van der Waals surface area contributed by atoms with Crippen LogP contribution in [0.2, 0.25) is 8.67 Å². The van der Waals surface area contributed by atoms with Crippen LogP contribution in [0.5, 0.6) is 0 Å². The van der Waals surface area contributed by atoms with Crippen LogP contribution in [0, 0.1) is 11.7 Å². The zero-order valence-corrected chi connectivity index (χ0v) is 29.7. The van der Waals surface area contributed by atoms with Crippen LogP contribution in [-0.4, -0.2) is 71.8 Å². The second-order valence-corrected chi connectivity index (χ2v) is 17.2. The van der Waals surface area contributed by atoms with Gasteiger partial charge in [0.2, 0.25) is 11.8 Å². The van der Waals surface area contributed by atoms with Gasteiger partial charge in [0.15, 0.2) is 0 Å². The van der Waals surface area contributed by atoms with E-state index in [1.165, 1.54) is 15.9 Å². The molecule has 1 saturated heterocycles. The molecule has 4 amide bonds. The quantitative estimate of drug-likeness (QED) is 0.390. The predicted octanol–water partition coefficient (Wildman–Crippen LogP) is 4.23. The number of fused-ring (bicyclic) bond motifs is 3. The molecule has 0 bridgehead atoms. The van der Waals surface area contributed by atoms with E-state index in [-0.39, 0.29) is 46.0 Å². The van der Waals surface area contributed by atoms with Crippen molar-refractivity contribution in [2.24, 2.45) is 11.7 Å². The van der Waals surface area contributed by atoms with Crippen LogP contribution in [0.3, 0.4) is 0 Å². The molecule has 0 spiro atoms. The highest BCUT2D eigenvalue weighted by Crippen LogP contribution is 2.46. The summed E-state index contributed by atoms with van der Waals surface area (Å²) >= 11 is 12.8. The van der Waals surface area contributed by atoms with Crippen LogP contribution in [0.25, 0.3) is 0 Å². The van der Waals surface area contributed by atoms with Crippen LogP contribution < -0.4 is 15.8 Å². The number of benzene rings is 1. The van der Waals surface area contributed by atoms with E-state index in [0.29, 0.717) is 30.4 Å². The number of ether oxygens (including phenoxy) is 1. The molecule has 264 valence electrons. The monoisotopic (exact) mass is 755 g/mol. The molecule has 2 aromatic rings. The maximum absolute atomic E-state index is 14.3. The molecule has 6 rings (SSSR count). The van der Waals surface area contributed by atoms with Gasteiger partial charge >= 0.3 is 6.09 Å². The van der Waals surface area contributed by atoms with E-state index >= 15 is 0 Å². The third-order valence-corrected chi connectivity index (χ3v) is 12.7. The van der Waals surface area contributed by atoms with Crippen LogP contribution in [0.15, 0.2) is 41.3 Å². The molecule has 49 heavy (non-hydrogen) atoms. The lowest BCUT2D eigenvalue weighted by atomic mass is 9.93. The fourth-order valence-electron chi connectivity index (χ4n) is 6.77. The van der Waals surface area contributed by atoms with Crippen LogP contribution in [0.4, 0.5) is 9.18 Å². The van der Waals surface area contributed by atoms with Crippen molar-refractivity contribution in [1.29, 1.82) is 0 Å². The molecule has 4 aliphatic rings. The molecule has 4 heterocycles. The lowest BCUT2D eigenvalue weighted by Crippen LogP contribution is -2.60. The summed E-state index contributed by atoms with van der Waals surface area (Å²) in [6, 6.07) is 4.55. The molecule has 3 aliphatic heterocycles. The van der Waals surface area contributed by atoms with E-state index < -0.39 is 68.8 Å². The summed E-state index contributed by atoms with van der Waals surface area (Å²) in [5, 5.41) is 2.75. The standard InChI is InChI=1S/C32H36Cl2FN5O7S2/c1-31(36)11-6-4-2-3-5-9-19-14-32(19,28(42)38-49(45,46)24-13-25(33)48-26(24)34)37-27(41)23-12-20(16-40(23)29(31)43)47-30(44)39-15-18-8-7-10-22(35)21(18)17-39/h5,7-10,13,19-20,23H,2-4,6,11-12,14-17,36H2,1H3,(H,37,41)(H,38,42)/b9-5-. The molecule has 5 atom stereocenters. The molecule has 1 aromatic carbocycles. The summed E-state index contributed by atoms with van der Waals surface area (Å²) in [6.07, 6.45) is 5.29. The minimum absolute atomic E-state index is 0.0131. The Labute approximate surface area is 297 Å². The molecule has 0 radical (unpaired) electrons. The molecule has 17 heteroatoms. The van der Waals surface area contributed by atoms with Gasteiger partial charge in [-0.2, -0.15) is 0 Å². The summed E-state index contributed by atoms with van der Waals surface area (Å²) in [5.41, 5.74) is 4.60. The molecule has 1 saturated carbocycles. The first-order chi connectivity index (χ1) is 23.1. The van der Waals surface area contributed by atoms with Gasteiger partial charge in [0.25, 0.3) is 15.9 Å². The Kier molecular flexibility index (Phi) is 9.78. The van der Waals surface area contributed by atoms with E-state index in [0.717, 1.165) is 30.2 Å². The third-order valence-electron chi connectivity index (χ3n) is 9.61. The topological polar surface area (TPSA) is 168 Å².